The molecule has 3 rings (SSSR count). The van der Waals surface area contributed by atoms with Crippen molar-refractivity contribution in [3.05, 3.63) is 65.2 Å². The van der Waals surface area contributed by atoms with Crippen LogP contribution in [0.4, 0.5) is 18.9 Å². The molecule has 2 aromatic rings. The molecule has 1 aliphatic rings. The van der Waals surface area contributed by atoms with Gasteiger partial charge in [-0.15, -0.1) is 0 Å². The second-order valence-electron chi connectivity index (χ2n) is 6.95. The number of nitrogens with zero attached hydrogens (tertiary/aromatic N) is 3. The van der Waals surface area contributed by atoms with Crippen LogP contribution in [0.25, 0.3) is 0 Å². The molecule has 1 unspecified atom stereocenters. The Balaban J connectivity index is 2.02. The molecule has 8 heteroatoms. The number of likely N-dealkylation sites (N-methyl/N-ethyl adjacent to an activating group) is 1. The van der Waals surface area contributed by atoms with E-state index in [2.05, 4.69) is 4.99 Å². The van der Waals surface area contributed by atoms with Gasteiger partial charge in [0.25, 0.3) is 5.91 Å². The number of aliphatic imine (C=N–C) groups is 1. The Morgan fingerprint density at radius 3 is 2.52 bits per heavy atom. The van der Waals surface area contributed by atoms with Crippen LogP contribution in [0.2, 0.25) is 0 Å². The summed E-state index contributed by atoms with van der Waals surface area (Å²) in [5, 5.41) is 0. The molecule has 152 valence electrons. The number of carbonyl (C=O) groups excluding carboxylic acids is 2. The quantitative estimate of drug-likeness (QED) is 0.566. The molecule has 0 radical (unpaired) electrons. The fraction of sp³-hybridized carbons (Fsp3) is 0.286. The smallest absolute Gasteiger partial charge is 0.308 e. The largest absolute Gasteiger partial charge is 0.416 e. The van der Waals surface area contributed by atoms with Crippen molar-refractivity contribution < 1.29 is 22.8 Å². The van der Waals surface area contributed by atoms with E-state index in [1.807, 2.05) is 19.0 Å². The SMILES string of the molecule is CN(C)CCN=CC1C(=O)N(c2cccc(C(F)(F)F)c2)C(=O)c2ccccc21. The molecule has 0 saturated carbocycles. The second kappa shape index (κ2) is 8.16. The van der Waals surface area contributed by atoms with Crippen LogP contribution in [-0.2, 0) is 11.0 Å². The van der Waals surface area contributed by atoms with Crippen LogP contribution >= 0.6 is 0 Å². The van der Waals surface area contributed by atoms with Gasteiger partial charge in [-0.05, 0) is 43.9 Å². The monoisotopic (exact) mass is 403 g/mol. The van der Waals surface area contributed by atoms with E-state index in [0.29, 0.717) is 18.7 Å². The predicted molar refractivity (Wildman–Crippen MR) is 104 cm³/mol. The number of hydrogen-bond donors (Lipinski definition) is 0. The standard InChI is InChI=1S/C21H20F3N3O2/c1-26(2)11-10-25-13-18-16-8-3-4-9-17(16)19(28)27(20(18)29)15-7-5-6-14(12-15)21(22,23)24/h3-9,12-13,18H,10-11H2,1-2H3. The van der Waals surface area contributed by atoms with Crippen LogP contribution in [-0.4, -0.2) is 50.1 Å². The summed E-state index contributed by atoms with van der Waals surface area (Å²) in [6.07, 6.45) is -3.11. The van der Waals surface area contributed by atoms with Gasteiger partial charge < -0.3 is 4.90 Å². The van der Waals surface area contributed by atoms with Gasteiger partial charge in [0.05, 0.1) is 23.7 Å². The van der Waals surface area contributed by atoms with Gasteiger partial charge in [0.1, 0.15) is 0 Å². The summed E-state index contributed by atoms with van der Waals surface area (Å²) < 4.78 is 39.3. The average Bonchev–Trinajstić information content (AvgIpc) is 2.67. The molecule has 1 heterocycles. The summed E-state index contributed by atoms with van der Waals surface area (Å²) >= 11 is 0. The molecule has 0 bridgehead atoms. The Morgan fingerprint density at radius 2 is 1.83 bits per heavy atom. The van der Waals surface area contributed by atoms with Crippen LogP contribution in [0.1, 0.15) is 27.4 Å². The highest BCUT2D eigenvalue weighted by Gasteiger charge is 2.39. The maximum absolute atomic E-state index is 13.1. The van der Waals surface area contributed by atoms with E-state index in [0.717, 1.165) is 17.0 Å². The number of hydrogen-bond acceptors (Lipinski definition) is 4. The van der Waals surface area contributed by atoms with Gasteiger partial charge >= 0.3 is 6.18 Å². The maximum atomic E-state index is 13.1. The van der Waals surface area contributed by atoms with Crippen LogP contribution in [0.15, 0.2) is 53.5 Å². The van der Waals surface area contributed by atoms with Crippen LogP contribution in [0, 0.1) is 0 Å². The van der Waals surface area contributed by atoms with Crippen molar-refractivity contribution in [1.29, 1.82) is 0 Å². The highest BCUT2D eigenvalue weighted by Crippen LogP contribution is 2.35. The molecule has 0 N–H and O–H groups in total. The lowest BCUT2D eigenvalue weighted by Crippen LogP contribution is -2.45. The van der Waals surface area contributed by atoms with Crippen LogP contribution < -0.4 is 4.90 Å². The van der Waals surface area contributed by atoms with Crippen LogP contribution in [0.5, 0.6) is 0 Å². The number of rotatable bonds is 5. The zero-order valence-corrected chi connectivity index (χ0v) is 16.0. The Hall–Kier alpha value is -3.00. The van der Waals surface area contributed by atoms with Crippen LogP contribution in [0.3, 0.4) is 0 Å². The number of halogens is 3. The van der Waals surface area contributed by atoms with Gasteiger partial charge in [-0.25, -0.2) is 4.90 Å². The maximum Gasteiger partial charge on any atom is 0.416 e. The molecule has 0 aromatic heterocycles. The number of benzene rings is 2. The summed E-state index contributed by atoms with van der Waals surface area (Å²) in [6, 6.07) is 10.8. The number of anilines is 1. The molecule has 0 fully saturated rings. The number of fused-ring (bicyclic) bond motifs is 1. The molecular weight excluding hydrogens is 383 g/mol. The van der Waals surface area contributed by atoms with Crippen molar-refractivity contribution in [2.45, 2.75) is 12.1 Å². The zero-order valence-electron chi connectivity index (χ0n) is 16.0. The van der Waals surface area contributed by atoms with Crippen molar-refractivity contribution in [2.24, 2.45) is 4.99 Å². The number of carbonyl (C=O) groups is 2. The van der Waals surface area contributed by atoms with Gasteiger partial charge in [0, 0.05) is 18.3 Å². The molecule has 2 amide bonds. The first-order chi connectivity index (χ1) is 13.7. The molecule has 1 atom stereocenters. The summed E-state index contributed by atoms with van der Waals surface area (Å²) in [5.74, 6) is -2.12. The van der Waals surface area contributed by atoms with Gasteiger partial charge in [0.2, 0.25) is 5.91 Å². The van der Waals surface area contributed by atoms with E-state index in [-0.39, 0.29) is 11.3 Å². The summed E-state index contributed by atoms with van der Waals surface area (Å²) in [6.45, 7) is 1.13. The minimum atomic E-state index is -4.58. The third kappa shape index (κ3) is 4.37. The minimum Gasteiger partial charge on any atom is -0.308 e. The lowest BCUT2D eigenvalue weighted by molar-refractivity contribution is -0.137. The number of alkyl halides is 3. The fourth-order valence-corrected chi connectivity index (χ4v) is 3.10. The van der Waals surface area contributed by atoms with Crippen molar-refractivity contribution in [3.63, 3.8) is 0 Å². The molecule has 1 aliphatic heterocycles. The fourth-order valence-electron chi connectivity index (χ4n) is 3.10. The normalized spacial score (nSPS) is 17.3. The molecule has 5 nitrogen and oxygen atoms in total. The Labute approximate surface area is 166 Å². The Kier molecular flexibility index (Phi) is 5.83. The van der Waals surface area contributed by atoms with E-state index in [1.54, 1.807) is 24.3 Å². The van der Waals surface area contributed by atoms with Crippen molar-refractivity contribution in [3.8, 4) is 0 Å². The predicted octanol–water partition coefficient (Wildman–Crippen LogP) is 3.61. The second-order valence-corrected chi connectivity index (χ2v) is 6.95. The third-order valence-corrected chi connectivity index (χ3v) is 4.58. The molecule has 29 heavy (non-hydrogen) atoms. The van der Waals surface area contributed by atoms with E-state index in [1.165, 1.54) is 18.3 Å². The third-order valence-electron chi connectivity index (χ3n) is 4.58. The topological polar surface area (TPSA) is 53.0 Å². The lowest BCUT2D eigenvalue weighted by Gasteiger charge is -2.31. The van der Waals surface area contributed by atoms with Crippen molar-refractivity contribution in [2.75, 3.05) is 32.1 Å². The Morgan fingerprint density at radius 1 is 1.10 bits per heavy atom. The van der Waals surface area contributed by atoms with E-state index >= 15 is 0 Å². The highest BCUT2D eigenvalue weighted by molar-refractivity contribution is 6.29. The molecule has 0 aliphatic carbocycles. The van der Waals surface area contributed by atoms with Gasteiger partial charge in [-0.3, -0.25) is 14.6 Å². The van der Waals surface area contributed by atoms with Crippen molar-refractivity contribution in [1.82, 2.24) is 4.90 Å². The zero-order chi connectivity index (χ0) is 21.2. The summed E-state index contributed by atoms with van der Waals surface area (Å²) in [5.41, 5.74) is -0.269. The molecular formula is C21H20F3N3O2. The average molecular weight is 403 g/mol. The first kappa shape index (κ1) is 20.7. The molecule has 0 spiro atoms. The van der Waals surface area contributed by atoms with E-state index in [4.69, 9.17) is 0 Å². The highest BCUT2D eigenvalue weighted by atomic mass is 19.4. The molecule has 2 aromatic carbocycles. The first-order valence-corrected chi connectivity index (χ1v) is 8.99. The summed E-state index contributed by atoms with van der Waals surface area (Å²) in [7, 11) is 3.79. The lowest BCUT2D eigenvalue weighted by atomic mass is 9.88. The number of imide groups is 1. The van der Waals surface area contributed by atoms with E-state index in [9.17, 15) is 22.8 Å². The Bertz CT molecular complexity index is 954. The first-order valence-electron chi connectivity index (χ1n) is 8.99. The number of amides is 2. The molecule has 0 saturated heterocycles. The van der Waals surface area contributed by atoms with Gasteiger partial charge in [0.15, 0.2) is 0 Å². The summed E-state index contributed by atoms with van der Waals surface area (Å²) in [4.78, 5) is 33.1. The van der Waals surface area contributed by atoms with E-state index < -0.39 is 29.5 Å². The van der Waals surface area contributed by atoms with Gasteiger partial charge in [-0.1, -0.05) is 24.3 Å². The van der Waals surface area contributed by atoms with Gasteiger partial charge in [-0.2, -0.15) is 13.2 Å². The van der Waals surface area contributed by atoms with Crippen molar-refractivity contribution >= 4 is 23.7 Å². The minimum absolute atomic E-state index is 0.115.